The van der Waals surface area contributed by atoms with Gasteiger partial charge in [-0.15, -0.1) is 0 Å². The van der Waals surface area contributed by atoms with Crippen LogP contribution in [-0.2, 0) is 24.2 Å². The fourth-order valence-electron chi connectivity index (χ4n) is 4.94. The van der Waals surface area contributed by atoms with E-state index in [1.54, 1.807) is 0 Å². The van der Waals surface area contributed by atoms with Crippen molar-refractivity contribution in [2.45, 2.75) is 26.4 Å². The van der Waals surface area contributed by atoms with Gasteiger partial charge in [-0.05, 0) is 48.4 Å². The summed E-state index contributed by atoms with van der Waals surface area (Å²) in [4.78, 5) is 14.1. The third-order valence-corrected chi connectivity index (χ3v) is 6.90. The van der Waals surface area contributed by atoms with Crippen LogP contribution in [0.1, 0.15) is 22.5 Å². The molecule has 184 valence electrons. The first kappa shape index (κ1) is 22.8. The summed E-state index contributed by atoms with van der Waals surface area (Å²) in [5, 5.41) is 3.35. The molecule has 0 radical (unpaired) electrons. The van der Waals surface area contributed by atoms with Crippen LogP contribution in [0.4, 0.5) is 17.3 Å². The second-order valence-electron chi connectivity index (χ2n) is 9.50. The van der Waals surface area contributed by atoms with Gasteiger partial charge in [0.25, 0.3) is 0 Å². The normalized spacial score (nSPS) is 16.1. The highest BCUT2D eigenvalue weighted by atomic mass is 16.5. The van der Waals surface area contributed by atoms with E-state index < -0.39 is 0 Å². The summed E-state index contributed by atoms with van der Waals surface area (Å²) in [6.45, 7) is 8.26. The molecule has 7 heteroatoms. The lowest BCUT2D eigenvalue weighted by Crippen LogP contribution is -2.36. The molecule has 6 rings (SSSR count). The van der Waals surface area contributed by atoms with Crippen molar-refractivity contribution < 1.29 is 9.15 Å². The molecule has 1 N–H and O–H groups in total. The summed E-state index contributed by atoms with van der Waals surface area (Å²) in [5.74, 6) is 2.45. The molecule has 0 atom stereocenters. The maximum Gasteiger partial charge on any atom is 0.227 e. The van der Waals surface area contributed by atoms with Crippen molar-refractivity contribution >= 4 is 17.3 Å². The molecule has 2 aromatic carbocycles. The summed E-state index contributed by atoms with van der Waals surface area (Å²) in [5.41, 5.74) is 6.58. The van der Waals surface area contributed by atoms with Crippen molar-refractivity contribution in [3.8, 4) is 11.5 Å². The quantitative estimate of drug-likeness (QED) is 0.407. The molecule has 0 unspecified atom stereocenters. The zero-order chi connectivity index (χ0) is 24.3. The number of aryl methyl sites for hydroxylation is 1. The van der Waals surface area contributed by atoms with Crippen molar-refractivity contribution in [2.24, 2.45) is 0 Å². The van der Waals surface area contributed by atoms with Gasteiger partial charge in [-0.3, -0.25) is 4.90 Å². The Labute approximate surface area is 211 Å². The number of benzene rings is 2. The lowest BCUT2D eigenvalue weighted by molar-refractivity contribution is 0.122. The Morgan fingerprint density at radius 2 is 1.78 bits per heavy atom. The number of nitrogens with one attached hydrogen (secondary N) is 1. The minimum absolute atomic E-state index is 0.565. The third-order valence-electron chi connectivity index (χ3n) is 6.90. The second kappa shape index (κ2) is 10.1. The second-order valence-corrected chi connectivity index (χ2v) is 9.50. The number of furan rings is 1. The molecule has 2 aliphatic heterocycles. The van der Waals surface area contributed by atoms with E-state index in [2.05, 4.69) is 80.8 Å². The van der Waals surface area contributed by atoms with E-state index in [-0.39, 0.29) is 0 Å². The van der Waals surface area contributed by atoms with Gasteiger partial charge < -0.3 is 19.4 Å². The van der Waals surface area contributed by atoms with Gasteiger partial charge in [-0.1, -0.05) is 30.3 Å². The van der Waals surface area contributed by atoms with Gasteiger partial charge in [-0.2, -0.15) is 0 Å². The summed E-state index contributed by atoms with van der Waals surface area (Å²) in [7, 11) is 0. The van der Waals surface area contributed by atoms with Gasteiger partial charge >= 0.3 is 0 Å². The van der Waals surface area contributed by atoms with E-state index in [0.717, 1.165) is 80.8 Å². The van der Waals surface area contributed by atoms with E-state index in [1.165, 1.54) is 16.8 Å². The monoisotopic (exact) mass is 481 g/mol. The molecule has 7 nitrogen and oxygen atoms in total. The number of rotatable bonds is 6. The first-order chi connectivity index (χ1) is 17.7. The molecule has 4 aromatic rings. The largest absolute Gasteiger partial charge is 0.459 e. The molecule has 0 saturated carbocycles. The average molecular weight is 482 g/mol. The number of ether oxygens (including phenoxy) is 1. The Hall–Kier alpha value is -3.68. The molecule has 0 amide bonds. The van der Waals surface area contributed by atoms with Gasteiger partial charge in [0.05, 0.1) is 13.2 Å². The average Bonchev–Trinajstić information content (AvgIpc) is 3.35. The molecule has 4 heterocycles. The van der Waals surface area contributed by atoms with E-state index in [0.29, 0.717) is 5.95 Å². The van der Waals surface area contributed by atoms with Crippen LogP contribution < -0.4 is 10.2 Å². The summed E-state index contributed by atoms with van der Waals surface area (Å²) in [6.07, 6.45) is 2.77. The lowest BCUT2D eigenvalue weighted by atomic mass is 10.1. The maximum atomic E-state index is 6.30. The number of anilines is 3. The number of fused-ring (bicyclic) bond motifs is 1. The SMILES string of the molecule is Cc1cnc(Nc2ccc(N3CCOCC3)cc2)nc1-c1cc2c(o1)CCN(Cc1ccccc1)C2. The Balaban J connectivity index is 1.16. The van der Waals surface area contributed by atoms with Crippen LogP contribution in [0.5, 0.6) is 0 Å². The molecule has 1 fully saturated rings. The number of hydrogen-bond donors (Lipinski definition) is 1. The predicted molar refractivity (Wildman–Crippen MR) is 141 cm³/mol. The van der Waals surface area contributed by atoms with Gasteiger partial charge in [0.1, 0.15) is 11.5 Å². The highest BCUT2D eigenvalue weighted by Gasteiger charge is 2.23. The van der Waals surface area contributed by atoms with Crippen LogP contribution in [0.15, 0.2) is 71.3 Å². The predicted octanol–water partition coefficient (Wildman–Crippen LogP) is 5.18. The summed E-state index contributed by atoms with van der Waals surface area (Å²) in [6, 6.07) is 21.2. The fraction of sp³-hybridized carbons (Fsp3) is 0.310. The standard InChI is InChI=1S/C29H31N5O2/c1-21-18-30-29(31-24-7-9-25(10-8-24)34-13-15-35-16-14-34)32-28(21)27-17-23-20-33(12-11-26(23)36-27)19-22-5-3-2-4-6-22/h2-10,17-18H,11-16,19-20H2,1H3,(H,30,31,32). The molecule has 0 spiro atoms. The van der Waals surface area contributed by atoms with Gasteiger partial charge in [0.2, 0.25) is 5.95 Å². The molecule has 0 bridgehead atoms. The maximum absolute atomic E-state index is 6.30. The van der Waals surface area contributed by atoms with Crippen LogP contribution in [0.25, 0.3) is 11.5 Å². The lowest BCUT2D eigenvalue weighted by Gasteiger charge is -2.28. The van der Waals surface area contributed by atoms with E-state index >= 15 is 0 Å². The Morgan fingerprint density at radius 3 is 2.58 bits per heavy atom. The number of nitrogens with zero attached hydrogens (tertiary/aromatic N) is 4. The molecular formula is C29H31N5O2. The van der Waals surface area contributed by atoms with Crippen molar-refractivity contribution in [1.82, 2.24) is 14.9 Å². The highest BCUT2D eigenvalue weighted by Crippen LogP contribution is 2.31. The number of morpholine rings is 1. The molecule has 0 aliphatic carbocycles. The molecule has 2 aliphatic rings. The topological polar surface area (TPSA) is 66.7 Å². The molecule has 1 saturated heterocycles. The van der Waals surface area contributed by atoms with Crippen molar-refractivity contribution in [2.75, 3.05) is 43.1 Å². The smallest absolute Gasteiger partial charge is 0.227 e. The Kier molecular flexibility index (Phi) is 6.40. The van der Waals surface area contributed by atoms with Crippen LogP contribution in [-0.4, -0.2) is 47.7 Å². The summed E-state index contributed by atoms with van der Waals surface area (Å²) < 4.78 is 11.8. The van der Waals surface area contributed by atoms with Crippen molar-refractivity contribution in [3.63, 3.8) is 0 Å². The summed E-state index contributed by atoms with van der Waals surface area (Å²) >= 11 is 0. The third kappa shape index (κ3) is 4.98. The van der Waals surface area contributed by atoms with E-state index in [9.17, 15) is 0 Å². The minimum Gasteiger partial charge on any atom is -0.459 e. The first-order valence-electron chi connectivity index (χ1n) is 12.6. The van der Waals surface area contributed by atoms with Crippen LogP contribution in [0, 0.1) is 6.92 Å². The van der Waals surface area contributed by atoms with Crippen molar-refractivity contribution in [1.29, 1.82) is 0 Å². The van der Waals surface area contributed by atoms with E-state index in [1.807, 2.05) is 13.1 Å². The van der Waals surface area contributed by atoms with Gasteiger partial charge in [0, 0.05) is 62.3 Å². The van der Waals surface area contributed by atoms with Crippen LogP contribution in [0.3, 0.4) is 0 Å². The fourth-order valence-corrected chi connectivity index (χ4v) is 4.94. The van der Waals surface area contributed by atoms with Gasteiger partial charge in [-0.25, -0.2) is 9.97 Å². The Morgan fingerprint density at radius 1 is 0.972 bits per heavy atom. The van der Waals surface area contributed by atoms with Crippen molar-refractivity contribution in [3.05, 3.63) is 89.3 Å². The van der Waals surface area contributed by atoms with Crippen LogP contribution >= 0.6 is 0 Å². The number of hydrogen-bond acceptors (Lipinski definition) is 7. The first-order valence-corrected chi connectivity index (χ1v) is 12.6. The van der Waals surface area contributed by atoms with E-state index in [4.69, 9.17) is 14.1 Å². The molecule has 36 heavy (non-hydrogen) atoms. The number of aromatic nitrogens is 2. The Bertz CT molecular complexity index is 1310. The zero-order valence-corrected chi connectivity index (χ0v) is 20.6. The van der Waals surface area contributed by atoms with Crippen LogP contribution in [0.2, 0.25) is 0 Å². The zero-order valence-electron chi connectivity index (χ0n) is 20.6. The highest BCUT2D eigenvalue weighted by molar-refractivity contribution is 5.63. The minimum atomic E-state index is 0.565. The molecular weight excluding hydrogens is 450 g/mol. The molecule has 2 aromatic heterocycles. The van der Waals surface area contributed by atoms with Gasteiger partial charge in [0.15, 0.2) is 5.76 Å².